The zero-order chi connectivity index (χ0) is 40.5. The molecule has 1 amide bonds. The van der Waals surface area contributed by atoms with Crippen LogP contribution in [0, 0.1) is 16.0 Å². The number of fused-ring (bicyclic) bond motifs is 1. The lowest BCUT2D eigenvalue weighted by Gasteiger charge is -2.38. The van der Waals surface area contributed by atoms with Crippen LogP contribution < -0.4 is 14.8 Å². The normalized spacial score (nSPS) is 21.7. The summed E-state index contributed by atoms with van der Waals surface area (Å²) in [5.74, 6) is 0.942. The number of likely N-dealkylation sites (tertiary alicyclic amines) is 1. The molecule has 4 heterocycles. The van der Waals surface area contributed by atoms with Crippen molar-refractivity contribution in [3.8, 4) is 11.5 Å². The van der Waals surface area contributed by atoms with Gasteiger partial charge < -0.3 is 19.8 Å². The standard InChI is InChI=1S/C45H50N6O7S/c52-45(49-59(55,56)38-14-16-40(42(26-38)51(53)54)47-27-29-18-22-57-23-19-29)39-15-11-34(25-43(39)58-37-24-35-17-20-46-44(35)48-28-37)32-9-12-36(13-10-32)50-21-1-2-41(50)33-7-5-31(6-8-33)30-3-4-30/h5-8,11,14-17,20,24-26,28-30,32,36,41,47H,1-4,9-10,12-13,18-19,21-23,27H2,(H,46,48)(H,49,52)/t32?,36?,41-/m1/s1. The summed E-state index contributed by atoms with van der Waals surface area (Å²) in [6.45, 7) is 2.88. The predicted octanol–water partition coefficient (Wildman–Crippen LogP) is 8.96. The number of sulfonamides is 1. The van der Waals surface area contributed by atoms with Crippen LogP contribution in [-0.2, 0) is 14.8 Å². The Kier molecular flexibility index (Phi) is 11.1. The van der Waals surface area contributed by atoms with Gasteiger partial charge in [0.2, 0.25) is 0 Å². The first-order valence-corrected chi connectivity index (χ1v) is 22.4. The van der Waals surface area contributed by atoms with Crippen molar-refractivity contribution in [3.05, 3.63) is 118 Å². The molecule has 4 aliphatic rings. The third kappa shape index (κ3) is 8.71. The number of aromatic amines is 1. The molecule has 2 aliphatic heterocycles. The van der Waals surface area contributed by atoms with E-state index in [2.05, 4.69) is 49.2 Å². The van der Waals surface area contributed by atoms with E-state index in [-0.39, 0.29) is 28.8 Å². The summed E-state index contributed by atoms with van der Waals surface area (Å²) in [5.41, 5.74) is 4.41. The molecule has 1 atom stereocenters. The number of hydrogen-bond donors (Lipinski definition) is 3. The summed E-state index contributed by atoms with van der Waals surface area (Å²) in [6.07, 6.45) is 14.1. The minimum Gasteiger partial charge on any atom is -0.455 e. The van der Waals surface area contributed by atoms with Gasteiger partial charge in [-0.25, -0.2) is 18.1 Å². The van der Waals surface area contributed by atoms with Gasteiger partial charge >= 0.3 is 0 Å². The van der Waals surface area contributed by atoms with E-state index in [9.17, 15) is 23.3 Å². The van der Waals surface area contributed by atoms with Gasteiger partial charge in [-0.1, -0.05) is 30.3 Å². The Labute approximate surface area is 344 Å². The number of amides is 1. The summed E-state index contributed by atoms with van der Waals surface area (Å²) >= 11 is 0. The Morgan fingerprint density at radius 2 is 1.61 bits per heavy atom. The third-order valence-electron chi connectivity index (χ3n) is 12.8. The Bertz CT molecular complexity index is 2440. The van der Waals surface area contributed by atoms with Gasteiger partial charge in [0.05, 0.1) is 21.6 Å². The minimum atomic E-state index is -4.52. The number of nitro benzene ring substituents is 1. The highest BCUT2D eigenvalue weighted by Crippen LogP contribution is 2.44. The van der Waals surface area contributed by atoms with Crippen molar-refractivity contribution in [1.29, 1.82) is 0 Å². The second kappa shape index (κ2) is 16.7. The van der Waals surface area contributed by atoms with Crippen molar-refractivity contribution in [3.63, 3.8) is 0 Å². The van der Waals surface area contributed by atoms with E-state index in [1.54, 1.807) is 24.5 Å². The van der Waals surface area contributed by atoms with E-state index in [0.717, 1.165) is 68.0 Å². The van der Waals surface area contributed by atoms with Crippen LogP contribution in [0.15, 0.2) is 90.1 Å². The summed E-state index contributed by atoms with van der Waals surface area (Å²) in [4.78, 5) is 35.2. The maximum absolute atomic E-state index is 13.9. The maximum Gasteiger partial charge on any atom is 0.293 e. The zero-order valence-electron chi connectivity index (χ0n) is 33.0. The number of benzene rings is 3. The van der Waals surface area contributed by atoms with Gasteiger partial charge in [0.1, 0.15) is 22.8 Å². The molecule has 2 aromatic heterocycles. The highest BCUT2D eigenvalue weighted by atomic mass is 32.2. The zero-order valence-corrected chi connectivity index (χ0v) is 33.8. The Morgan fingerprint density at radius 3 is 2.37 bits per heavy atom. The van der Waals surface area contributed by atoms with Gasteiger partial charge in [-0.05, 0) is 142 Å². The number of H-pyrrole nitrogens is 1. The van der Waals surface area contributed by atoms with E-state index < -0.39 is 31.4 Å². The molecule has 2 aliphatic carbocycles. The molecular weight excluding hydrogens is 769 g/mol. The quantitative estimate of drug-likeness (QED) is 0.0770. The van der Waals surface area contributed by atoms with Gasteiger partial charge in [0.15, 0.2) is 0 Å². The number of rotatable bonds is 13. The number of nitro groups is 1. The highest BCUT2D eigenvalue weighted by Gasteiger charge is 2.35. The largest absolute Gasteiger partial charge is 0.455 e. The topological polar surface area (TPSA) is 169 Å². The molecule has 59 heavy (non-hydrogen) atoms. The molecule has 0 bridgehead atoms. The lowest BCUT2D eigenvalue weighted by molar-refractivity contribution is -0.384. The average molecular weight is 819 g/mol. The van der Waals surface area contributed by atoms with Gasteiger partial charge in [-0.2, -0.15) is 0 Å². The number of nitrogens with zero attached hydrogens (tertiary/aromatic N) is 3. The first-order chi connectivity index (χ1) is 28.7. The number of pyridine rings is 1. The molecule has 9 rings (SSSR count). The smallest absolute Gasteiger partial charge is 0.293 e. The predicted molar refractivity (Wildman–Crippen MR) is 224 cm³/mol. The fourth-order valence-electron chi connectivity index (χ4n) is 9.32. The van der Waals surface area contributed by atoms with E-state index in [1.165, 1.54) is 48.9 Å². The van der Waals surface area contributed by atoms with E-state index in [0.29, 0.717) is 43.2 Å². The molecule has 0 radical (unpaired) electrons. The Hall–Kier alpha value is -5.31. The molecule has 13 nitrogen and oxygen atoms in total. The fourth-order valence-corrected chi connectivity index (χ4v) is 10.3. The van der Waals surface area contributed by atoms with Gasteiger partial charge in [-0.15, -0.1) is 0 Å². The second-order valence-electron chi connectivity index (χ2n) is 16.6. The number of anilines is 1. The SMILES string of the molecule is O=C(NS(=O)(=O)c1ccc(NCC2CCOCC2)c([N+](=O)[O-])c1)c1ccc(C2CCC(N3CCC[C@@H]3c3ccc(C4CC4)cc3)CC2)cc1Oc1cnc2[nH]ccc2c1. The van der Waals surface area contributed by atoms with Gasteiger partial charge in [0.25, 0.3) is 21.6 Å². The molecule has 3 N–H and O–H groups in total. The van der Waals surface area contributed by atoms with E-state index in [4.69, 9.17) is 9.47 Å². The Morgan fingerprint density at radius 1 is 0.881 bits per heavy atom. The molecule has 2 saturated carbocycles. The molecule has 14 heteroatoms. The molecule has 3 aromatic carbocycles. The second-order valence-corrected chi connectivity index (χ2v) is 18.3. The van der Waals surface area contributed by atoms with Gasteiger partial charge in [0, 0.05) is 49.5 Å². The van der Waals surface area contributed by atoms with Crippen LogP contribution in [0.5, 0.6) is 11.5 Å². The number of ether oxygens (including phenoxy) is 2. The lowest BCUT2D eigenvalue weighted by atomic mass is 9.80. The molecule has 5 aromatic rings. The van der Waals surface area contributed by atoms with E-state index in [1.807, 2.05) is 18.2 Å². The fraction of sp³-hybridized carbons (Fsp3) is 0.422. The first-order valence-electron chi connectivity index (χ1n) is 21.0. The summed E-state index contributed by atoms with van der Waals surface area (Å²) in [6, 6.07) is 22.9. The Balaban J connectivity index is 0.921. The van der Waals surface area contributed by atoms with Crippen LogP contribution in [0.1, 0.15) is 109 Å². The summed E-state index contributed by atoms with van der Waals surface area (Å²) in [5, 5.41) is 16.0. The maximum atomic E-state index is 13.9. The number of carbonyl (C=O) groups excluding carboxylic acids is 1. The van der Waals surface area contributed by atoms with Crippen LogP contribution >= 0.6 is 0 Å². The first kappa shape index (κ1) is 39.2. The van der Waals surface area contributed by atoms with Gasteiger partial charge in [-0.3, -0.25) is 19.8 Å². The molecule has 4 fully saturated rings. The van der Waals surface area contributed by atoms with Crippen molar-refractivity contribution in [2.45, 2.75) is 93.0 Å². The molecular formula is C45H50N6O7S. The average Bonchev–Trinajstić information content (AvgIpc) is 3.80. The van der Waals surface area contributed by atoms with Crippen molar-refractivity contribution >= 4 is 38.3 Å². The molecule has 308 valence electrons. The van der Waals surface area contributed by atoms with Crippen molar-refractivity contribution in [2.75, 3.05) is 31.6 Å². The van der Waals surface area contributed by atoms with Crippen molar-refractivity contribution in [1.82, 2.24) is 19.6 Å². The molecule has 0 unspecified atom stereocenters. The van der Waals surface area contributed by atoms with Crippen LogP contribution in [-0.4, -0.2) is 66.5 Å². The van der Waals surface area contributed by atoms with Crippen LogP contribution in [0.2, 0.25) is 0 Å². The number of nitrogens with one attached hydrogen (secondary N) is 3. The lowest BCUT2D eigenvalue weighted by Crippen LogP contribution is -2.37. The number of aromatic nitrogens is 2. The van der Waals surface area contributed by atoms with Crippen molar-refractivity contribution < 1.29 is 27.6 Å². The van der Waals surface area contributed by atoms with Crippen molar-refractivity contribution in [2.24, 2.45) is 5.92 Å². The van der Waals surface area contributed by atoms with Crippen LogP contribution in [0.25, 0.3) is 11.0 Å². The summed E-state index contributed by atoms with van der Waals surface area (Å²) in [7, 11) is -4.52. The highest BCUT2D eigenvalue weighted by molar-refractivity contribution is 7.90. The van der Waals surface area contributed by atoms with Crippen LogP contribution in [0.4, 0.5) is 11.4 Å². The molecule has 2 saturated heterocycles. The molecule has 0 spiro atoms. The number of carbonyl (C=O) groups is 1. The number of hydrogen-bond acceptors (Lipinski definition) is 10. The van der Waals surface area contributed by atoms with Crippen LogP contribution in [0.3, 0.4) is 0 Å². The monoisotopic (exact) mass is 818 g/mol. The summed E-state index contributed by atoms with van der Waals surface area (Å²) < 4.78 is 41.2. The minimum absolute atomic E-state index is 0.0111. The van der Waals surface area contributed by atoms with E-state index >= 15 is 0 Å². The third-order valence-corrected chi connectivity index (χ3v) is 14.1.